The number of aliphatic imine (C=N–C) groups is 1. The fourth-order valence-electron chi connectivity index (χ4n) is 2.70. The summed E-state index contributed by atoms with van der Waals surface area (Å²) in [6.45, 7) is 0. The third-order valence-corrected chi connectivity index (χ3v) is 4.48. The first-order valence-electron chi connectivity index (χ1n) is 8.77. The number of hydrogen-bond acceptors (Lipinski definition) is 6. The molecule has 0 radical (unpaired) electrons. The van der Waals surface area contributed by atoms with Gasteiger partial charge in [0, 0.05) is 11.9 Å². The Balaban J connectivity index is 1.35. The Morgan fingerprint density at radius 2 is 1.90 bits per heavy atom. The van der Waals surface area contributed by atoms with Gasteiger partial charge in [-0.05, 0) is 42.5 Å². The van der Waals surface area contributed by atoms with Crippen molar-refractivity contribution >= 4 is 35.3 Å². The second-order valence-corrected chi connectivity index (χ2v) is 6.73. The molecule has 0 fully saturated rings. The van der Waals surface area contributed by atoms with Gasteiger partial charge in [-0.3, -0.25) is 5.43 Å². The van der Waals surface area contributed by atoms with Gasteiger partial charge in [0.2, 0.25) is 0 Å². The highest BCUT2D eigenvalue weighted by atomic mass is 35.5. The van der Waals surface area contributed by atoms with Crippen molar-refractivity contribution in [1.82, 2.24) is 15.9 Å². The molecule has 31 heavy (non-hydrogen) atoms. The number of hydrazine groups is 1. The molecule has 0 saturated carbocycles. The van der Waals surface area contributed by atoms with Crippen molar-refractivity contribution in [1.29, 1.82) is 0 Å². The molecule has 0 aromatic heterocycles. The van der Waals surface area contributed by atoms with Gasteiger partial charge >= 0.3 is 12.2 Å². The highest BCUT2D eigenvalue weighted by molar-refractivity contribution is 6.33. The molecular formula is C19H14ClF3N6O2. The molecule has 2 amide bonds. The maximum Gasteiger partial charge on any atom is 0.416 e. The van der Waals surface area contributed by atoms with Crippen LogP contribution in [0.5, 0.6) is 5.75 Å². The fourth-order valence-corrected chi connectivity index (χ4v) is 2.93. The van der Waals surface area contributed by atoms with E-state index in [1.165, 1.54) is 11.4 Å². The van der Waals surface area contributed by atoms with E-state index in [9.17, 15) is 18.0 Å². The molecule has 4 rings (SSSR count). The Kier molecular flexibility index (Phi) is 5.34. The second-order valence-electron chi connectivity index (χ2n) is 6.32. The number of alkyl halides is 3. The predicted molar refractivity (Wildman–Crippen MR) is 109 cm³/mol. The Hall–Kier alpha value is -3.86. The summed E-state index contributed by atoms with van der Waals surface area (Å²) >= 11 is 5.84. The summed E-state index contributed by atoms with van der Waals surface area (Å²) in [5, 5.41) is 6.21. The van der Waals surface area contributed by atoms with Crippen LogP contribution in [0.3, 0.4) is 0 Å². The number of urea groups is 1. The van der Waals surface area contributed by atoms with E-state index in [4.69, 9.17) is 16.4 Å². The lowest BCUT2D eigenvalue weighted by atomic mass is 10.2. The topological polar surface area (TPSA) is 90.0 Å². The number of benzene rings is 2. The molecule has 0 bridgehead atoms. The zero-order valence-corrected chi connectivity index (χ0v) is 16.3. The lowest BCUT2D eigenvalue weighted by Gasteiger charge is -2.22. The van der Waals surface area contributed by atoms with Crippen LogP contribution in [0.25, 0.3) is 0 Å². The Morgan fingerprint density at radius 1 is 1.13 bits per heavy atom. The molecule has 12 heteroatoms. The average molecular weight is 451 g/mol. The molecule has 2 aromatic rings. The standard InChI is InChI=1S/C19H14ClF3N6O2/c20-14-7-11(19(21,22)23)1-6-15(14)27-18(30)26-12-2-4-13(5-3-12)31-29-10-24-8-16-17(29)9-25-28-16/h1-10,25,28H,(H2,26,27,30). The zero-order valence-electron chi connectivity index (χ0n) is 15.5. The van der Waals surface area contributed by atoms with E-state index < -0.39 is 17.8 Å². The highest BCUT2D eigenvalue weighted by Crippen LogP contribution is 2.33. The van der Waals surface area contributed by atoms with Crippen molar-refractivity contribution in [2.75, 3.05) is 10.6 Å². The van der Waals surface area contributed by atoms with Crippen LogP contribution in [0.1, 0.15) is 5.56 Å². The molecule has 160 valence electrons. The Labute approximate surface area is 179 Å². The van der Waals surface area contributed by atoms with Crippen molar-refractivity contribution in [3.8, 4) is 5.75 Å². The number of carbonyl (C=O) groups excluding carboxylic acids is 1. The van der Waals surface area contributed by atoms with Gasteiger partial charge in [0.1, 0.15) is 17.7 Å². The number of fused-ring (bicyclic) bond motifs is 1. The fraction of sp³-hybridized carbons (Fsp3) is 0.0526. The first-order valence-corrected chi connectivity index (χ1v) is 9.15. The average Bonchev–Trinajstić information content (AvgIpc) is 3.20. The van der Waals surface area contributed by atoms with Crippen LogP contribution in [0.4, 0.5) is 29.3 Å². The minimum atomic E-state index is -4.52. The van der Waals surface area contributed by atoms with E-state index >= 15 is 0 Å². The molecule has 2 aliphatic heterocycles. The number of hydrogen-bond donors (Lipinski definition) is 4. The summed E-state index contributed by atoms with van der Waals surface area (Å²) in [5.74, 6) is 0.484. The van der Waals surface area contributed by atoms with E-state index in [-0.39, 0.29) is 10.7 Å². The Morgan fingerprint density at radius 3 is 2.61 bits per heavy atom. The lowest BCUT2D eigenvalue weighted by molar-refractivity contribution is -0.137. The number of amides is 2. The molecule has 2 aromatic carbocycles. The minimum Gasteiger partial charge on any atom is -0.374 e. The third kappa shape index (κ3) is 4.67. The van der Waals surface area contributed by atoms with Crippen LogP contribution < -0.4 is 26.3 Å². The van der Waals surface area contributed by atoms with Crippen LogP contribution >= 0.6 is 11.6 Å². The lowest BCUT2D eigenvalue weighted by Crippen LogP contribution is -2.29. The monoisotopic (exact) mass is 450 g/mol. The van der Waals surface area contributed by atoms with E-state index in [2.05, 4.69) is 26.5 Å². The molecule has 2 heterocycles. The van der Waals surface area contributed by atoms with E-state index in [1.54, 1.807) is 36.7 Å². The quantitative estimate of drug-likeness (QED) is 0.553. The van der Waals surface area contributed by atoms with Gasteiger partial charge in [-0.2, -0.15) is 18.2 Å². The predicted octanol–water partition coefficient (Wildman–Crippen LogP) is 4.43. The van der Waals surface area contributed by atoms with Crippen molar-refractivity contribution in [2.24, 2.45) is 4.99 Å². The number of hydroxylamine groups is 2. The summed E-state index contributed by atoms with van der Waals surface area (Å²) < 4.78 is 38.1. The highest BCUT2D eigenvalue weighted by Gasteiger charge is 2.31. The first-order chi connectivity index (χ1) is 14.8. The van der Waals surface area contributed by atoms with E-state index in [0.717, 1.165) is 29.6 Å². The van der Waals surface area contributed by atoms with E-state index in [0.29, 0.717) is 11.4 Å². The number of carbonyl (C=O) groups is 1. The van der Waals surface area contributed by atoms with Crippen molar-refractivity contribution < 1.29 is 22.8 Å². The van der Waals surface area contributed by atoms with Gasteiger partial charge in [0.05, 0.1) is 22.5 Å². The molecule has 0 atom stereocenters. The summed E-state index contributed by atoms with van der Waals surface area (Å²) in [7, 11) is 0. The Bertz CT molecular complexity index is 1100. The molecule has 8 nitrogen and oxygen atoms in total. The summed E-state index contributed by atoms with van der Waals surface area (Å²) in [4.78, 5) is 21.9. The van der Waals surface area contributed by atoms with Gasteiger partial charge in [-0.25, -0.2) is 9.79 Å². The third-order valence-electron chi connectivity index (χ3n) is 4.16. The summed E-state index contributed by atoms with van der Waals surface area (Å²) in [6, 6.07) is 8.46. The van der Waals surface area contributed by atoms with Crippen molar-refractivity contribution in [2.45, 2.75) is 6.18 Å². The molecular weight excluding hydrogens is 437 g/mol. The second kappa shape index (κ2) is 8.11. The maximum atomic E-state index is 12.7. The number of halogens is 4. The maximum absolute atomic E-state index is 12.7. The van der Waals surface area contributed by atoms with Gasteiger partial charge in [0.25, 0.3) is 0 Å². The normalized spacial score (nSPS) is 14.6. The molecule has 4 N–H and O–H groups in total. The largest absolute Gasteiger partial charge is 0.416 e. The smallest absolute Gasteiger partial charge is 0.374 e. The first kappa shape index (κ1) is 20.4. The van der Waals surface area contributed by atoms with Gasteiger partial charge in [-0.1, -0.05) is 11.6 Å². The van der Waals surface area contributed by atoms with Crippen LogP contribution in [-0.4, -0.2) is 17.4 Å². The van der Waals surface area contributed by atoms with Gasteiger partial charge in [0.15, 0.2) is 5.75 Å². The molecule has 0 saturated heterocycles. The molecule has 0 aliphatic carbocycles. The molecule has 0 spiro atoms. The van der Waals surface area contributed by atoms with Gasteiger partial charge in [-0.15, -0.1) is 0 Å². The van der Waals surface area contributed by atoms with Crippen molar-refractivity contribution in [3.63, 3.8) is 0 Å². The number of rotatable bonds is 4. The molecule has 0 unspecified atom stereocenters. The van der Waals surface area contributed by atoms with Crippen LogP contribution in [-0.2, 0) is 6.18 Å². The number of anilines is 2. The SMILES string of the molecule is O=C(Nc1ccc(ON2C=NC=C3NNC=C32)cc1)Nc1ccc(C(F)(F)F)cc1Cl. The van der Waals surface area contributed by atoms with Crippen molar-refractivity contribution in [3.05, 3.63) is 76.8 Å². The van der Waals surface area contributed by atoms with Gasteiger partial charge < -0.3 is 20.9 Å². The minimum absolute atomic E-state index is 0.0485. The summed E-state index contributed by atoms with van der Waals surface area (Å²) in [6.07, 6.45) is 0.328. The van der Waals surface area contributed by atoms with Crippen LogP contribution in [0.2, 0.25) is 5.02 Å². The van der Waals surface area contributed by atoms with Crippen LogP contribution in [0.15, 0.2) is 71.3 Å². The number of nitrogens with one attached hydrogen (secondary N) is 4. The summed E-state index contributed by atoms with van der Waals surface area (Å²) in [5.41, 5.74) is 6.82. The number of nitrogens with zero attached hydrogens (tertiary/aromatic N) is 2. The van der Waals surface area contributed by atoms with E-state index in [1.807, 2.05) is 0 Å². The zero-order chi connectivity index (χ0) is 22.0. The van der Waals surface area contributed by atoms with Crippen LogP contribution in [0, 0.1) is 0 Å². The molecule has 2 aliphatic rings.